The van der Waals surface area contributed by atoms with Gasteiger partial charge in [-0.2, -0.15) is 13.2 Å². The number of aromatic nitrogens is 1. The Hall–Kier alpha value is -1.79. The van der Waals surface area contributed by atoms with Gasteiger partial charge in [0, 0.05) is 28.0 Å². The Morgan fingerprint density at radius 1 is 1.24 bits per heavy atom. The summed E-state index contributed by atoms with van der Waals surface area (Å²) in [5, 5.41) is 3.19. The maximum absolute atomic E-state index is 14.4. The quantitative estimate of drug-likeness (QED) is 0.786. The normalized spacial score (nSPS) is 22.6. The van der Waals surface area contributed by atoms with Crippen LogP contribution in [0.1, 0.15) is 30.4 Å². The van der Waals surface area contributed by atoms with E-state index in [0.717, 1.165) is 19.3 Å². The van der Waals surface area contributed by atoms with Crippen LogP contribution in [0.2, 0.25) is 5.02 Å². The summed E-state index contributed by atoms with van der Waals surface area (Å²) in [7, 11) is 0. The highest BCUT2D eigenvalue weighted by atomic mass is 35.5. The Labute approximate surface area is 148 Å². The van der Waals surface area contributed by atoms with Crippen molar-refractivity contribution in [3.63, 3.8) is 0 Å². The lowest BCUT2D eigenvalue weighted by atomic mass is 9.81. The van der Waals surface area contributed by atoms with Gasteiger partial charge in [0.05, 0.1) is 6.61 Å². The number of hydrogen-bond acceptors (Lipinski definition) is 3. The number of ether oxygens (including phenoxy) is 1. The zero-order valence-electron chi connectivity index (χ0n) is 13.2. The van der Waals surface area contributed by atoms with Crippen molar-refractivity contribution >= 4 is 23.1 Å². The molecule has 4 rings (SSSR count). The van der Waals surface area contributed by atoms with Gasteiger partial charge in [-0.15, -0.1) is 0 Å². The minimum absolute atomic E-state index is 0.0210. The number of benzene rings is 1. The molecule has 0 spiro atoms. The zero-order valence-corrected chi connectivity index (χ0v) is 14.0. The van der Waals surface area contributed by atoms with Crippen LogP contribution in [0.15, 0.2) is 36.5 Å². The van der Waals surface area contributed by atoms with Crippen LogP contribution >= 0.6 is 11.6 Å². The molecule has 1 atom stereocenters. The smallest absolute Gasteiger partial charge is 0.356 e. The lowest BCUT2D eigenvalue weighted by Crippen LogP contribution is -2.49. The molecule has 2 aliphatic rings. The number of halogens is 4. The molecule has 1 aliphatic heterocycles. The predicted octanol–water partition coefficient (Wildman–Crippen LogP) is 5.41. The molecule has 2 aromatic rings. The molecule has 1 fully saturated rings. The average molecular weight is 369 g/mol. The van der Waals surface area contributed by atoms with Crippen LogP contribution in [0.5, 0.6) is 0 Å². The zero-order chi connectivity index (χ0) is 17.7. The summed E-state index contributed by atoms with van der Waals surface area (Å²) in [6.07, 6.45) is -0.367. The molecule has 132 valence electrons. The second-order valence-electron chi connectivity index (χ2n) is 6.50. The van der Waals surface area contributed by atoms with E-state index in [2.05, 4.69) is 10.3 Å². The van der Waals surface area contributed by atoms with Crippen molar-refractivity contribution < 1.29 is 17.9 Å². The Morgan fingerprint density at radius 2 is 2.04 bits per heavy atom. The topological polar surface area (TPSA) is 34.1 Å². The molecule has 0 amide bonds. The Kier molecular flexibility index (Phi) is 3.92. The summed E-state index contributed by atoms with van der Waals surface area (Å²) >= 11 is 6.02. The highest BCUT2D eigenvalue weighted by molar-refractivity contribution is 6.30. The van der Waals surface area contributed by atoms with Gasteiger partial charge in [0.25, 0.3) is 0 Å². The van der Waals surface area contributed by atoms with Crippen molar-refractivity contribution in [3.05, 3.63) is 52.7 Å². The number of nitrogens with zero attached hydrogens (tertiary/aromatic N) is 1. The maximum Gasteiger partial charge on any atom is 0.426 e. The van der Waals surface area contributed by atoms with Crippen molar-refractivity contribution in [1.82, 2.24) is 4.98 Å². The lowest BCUT2D eigenvalue weighted by molar-refractivity contribution is -0.271. The van der Waals surface area contributed by atoms with E-state index in [1.807, 2.05) is 0 Å². The van der Waals surface area contributed by atoms with E-state index in [9.17, 15) is 13.2 Å². The van der Waals surface area contributed by atoms with Gasteiger partial charge in [0.15, 0.2) is 0 Å². The van der Waals surface area contributed by atoms with Gasteiger partial charge in [-0.1, -0.05) is 24.1 Å². The molecule has 2 heterocycles. The fourth-order valence-electron chi connectivity index (χ4n) is 3.42. The molecule has 1 aromatic heterocycles. The van der Waals surface area contributed by atoms with E-state index in [4.69, 9.17) is 16.3 Å². The molecule has 0 saturated heterocycles. The van der Waals surface area contributed by atoms with E-state index in [1.165, 1.54) is 30.5 Å². The van der Waals surface area contributed by atoms with Crippen molar-refractivity contribution in [2.75, 3.05) is 11.9 Å². The van der Waals surface area contributed by atoms with Crippen molar-refractivity contribution in [2.24, 2.45) is 5.92 Å². The first kappa shape index (κ1) is 16.7. The summed E-state index contributed by atoms with van der Waals surface area (Å²) in [5.41, 5.74) is -2.32. The fraction of sp³-hybridized carbons (Fsp3) is 0.389. The standard InChI is InChI=1S/C18H16ClF3N2O/c19-12-6-7-15-14(9-12)17(18(20,21)22,25-10-11-3-1-4-11)13-5-2-8-23-16(13)24-15/h2,5-9,11H,1,3-4,10H2,(H,23,24). The largest absolute Gasteiger partial charge is 0.426 e. The fourth-order valence-corrected chi connectivity index (χ4v) is 3.60. The molecule has 7 heteroatoms. The number of rotatable bonds is 3. The molecule has 0 bridgehead atoms. The van der Waals surface area contributed by atoms with Crippen molar-refractivity contribution in [1.29, 1.82) is 0 Å². The highest BCUT2D eigenvalue weighted by Crippen LogP contribution is 2.55. The SMILES string of the molecule is FC(F)(F)C1(OCC2CCC2)c2cc(Cl)ccc2Nc2ncccc21. The van der Waals surface area contributed by atoms with Gasteiger partial charge in [-0.05, 0) is 43.0 Å². The van der Waals surface area contributed by atoms with E-state index >= 15 is 0 Å². The number of pyridine rings is 1. The van der Waals surface area contributed by atoms with Crippen LogP contribution in [-0.2, 0) is 10.3 Å². The van der Waals surface area contributed by atoms with Gasteiger partial charge in [0.1, 0.15) is 5.82 Å². The molecular formula is C18H16ClF3N2O. The van der Waals surface area contributed by atoms with Crippen molar-refractivity contribution in [3.8, 4) is 0 Å². The molecule has 1 saturated carbocycles. The number of anilines is 2. The molecule has 1 N–H and O–H groups in total. The molecule has 3 nitrogen and oxygen atoms in total. The van der Waals surface area contributed by atoms with E-state index < -0.39 is 11.8 Å². The van der Waals surface area contributed by atoms with E-state index in [-0.39, 0.29) is 34.5 Å². The number of alkyl halides is 3. The molecule has 1 aliphatic carbocycles. The molecule has 25 heavy (non-hydrogen) atoms. The van der Waals surface area contributed by atoms with Gasteiger partial charge in [0.2, 0.25) is 5.60 Å². The average Bonchev–Trinajstić information content (AvgIpc) is 2.52. The lowest BCUT2D eigenvalue weighted by Gasteiger charge is -2.42. The highest BCUT2D eigenvalue weighted by Gasteiger charge is 2.62. The van der Waals surface area contributed by atoms with Crippen LogP contribution in [0.4, 0.5) is 24.7 Å². The summed E-state index contributed by atoms with van der Waals surface area (Å²) in [6, 6.07) is 7.31. The van der Waals surface area contributed by atoms with Crippen LogP contribution in [-0.4, -0.2) is 17.8 Å². The minimum Gasteiger partial charge on any atom is -0.356 e. The summed E-state index contributed by atoms with van der Waals surface area (Å²) in [6.45, 7) is 0.0554. The first-order valence-electron chi connectivity index (χ1n) is 8.15. The number of nitrogens with one attached hydrogen (secondary N) is 1. The Balaban J connectivity index is 1.92. The van der Waals surface area contributed by atoms with Crippen LogP contribution < -0.4 is 5.32 Å². The van der Waals surface area contributed by atoms with Crippen LogP contribution in [0.3, 0.4) is 0 Å². The molecule has 0 radical (unpaired) electrons. The number of hydrogen-bond donors (Lipinski definition) is 1. The monoisotopic (exact) mass is 368 g/mol. The Bertz CT molecular complexity index is 807. The van der Waals surface area contributed by atoms with Gasteiger partial charge in [-0.3, -0.25) is 0 Å². The summed E-state index contributed by atoms with van der Waals surface area (Å²) < 4.78 is 49.0. The van der Waals surface area contributed by atoms with E-state index in [0.29, 0.717) is 5.69 Å². The molecular weight excluding hydrogens is 353 g/mol. The third-order valence-electron chi connectivity index (χ3n) is 4.96. The summed E-state index contributed by atoms with van der Waals surface area (Å²) in [4.78, 5) is 4.09. The second kappa shape index (κ2) is 5.88. The molecule has 1 aromatic carbocycles. The predicted molar refractivity (Wildman–Crippen MR) is 89.1 cm³/mol. The third kappa shape index (κ3) is 2.59. The van der Waals surface area contributed by atoms with Gasteiger partial charge in [-0.25, -0.2) is 4.98 Å². The Morgan fingerprint density at radius 3 is 2.72 bits per heavy atom. The van der Waals surface area contributed by atoms with Crippen molar-refractivity contribution in [2.45, 2.75) is 31.0 Å². The third-order valence-corrected chi connectivity index (χ3v) is 5.20. The van der Waals surface area contributed by atoms with Gasteiger partial charge < -0.3 is 10.1 Å². The first-order valence-corrected chi connectivity index (χ1v) is 8.53. The molecule has 1 unspecified atom stereocenters. The summed E-state index contributed by atoms with van der Waals surface area (Å²) in [5.74, 6) is 0.320. The van der Waals surface area contributed by atoms with Gasteiger partial charge >= 0.3 is 6.18 Å². The second-order valence-corrected chi connectivity index (χ2v) is 6.94. The first-order chi connectivity index (χ1) is 11.9. The van der Waals surface area contributed by atoms with Crippen LogP contribution in [0.25, 0.3) is 0 Å². The van der Waals surface area contributed by atoms with E-state index in [1.54, 1.807) is 6.07 Å². The number of fused-ring (bicyclic) bond motifs is 2. The minimum atomic E-state index is -4.66. The van der Waals surface area contributed by atoms with Crippen LogP contribution in [0, 0.1) is 5.92 Å². The maximum atomic E-state index is 14.4.